The normalized spacial score (nSPS) is 23.9. The summed E-state index contributed by atoms with van der Waals surface area (Å²) < 4.78 is 8.48. The Morgan fingerprint density at radius 3 is 2.47 bits per heavy atom. The van der Waals surface area contributed by atoms with Crippen molar-refractivity contribution in [2.45, 2.75) is 38.9 Å². The summed E-state index contributed by atoms with van der Waals surface area (Å²) in [4.78, 5) is 0. The highest BCUT2D eigenvalue weighted by molar-refractivity contribution is 9.11. The van der Waals surface area contributed by atoms with Crippen molar-refractivity contribution in [3.8, 4) is 0 Å². The SMILES string of the molecule is CC1=C(Br)C(C)(C)OC(c2ccccc2Br)C1. The van der Waals surface area contributed by atoms with Gasteiger partial charge in [0.1, 0.15) is 0 Å². The first-order chi connectivity index (χ1) is 7.92. The molecule has 0 bridgehead atoms. The minimum atomic E-state index is -0.248. The molecule has 1 aliphatic heterocycles. The Morgan fingerprint density at radius 2 is 1.88 bits per heavy atom. The largest absolute Gasteiger partial charge is 0.362 e. The van der Waals surface area contributed by atoms with Gasteiger partial charge in [-0.05, 0) is 38.8 Å². The summed E-state index contributed by atoms with van der Waals surface area (Å²) in [6.45, 7) is 6.37. The summed E-state index contributed by atoms with van der Waals surface area (Å²) in [5, 5.41) is 0. The molecule has 0 saturated heterocycles. The molecule has 1 aliphatic rings. The topological polar surface area (TPSA) is 9.23 Å². The van der Waals surface area contributed by atoms with Crippen LogP contribution in [0.4, 0.5) is 0 Å². The molecule has 1 heterocycles. The van der Waals surface area contributed by atoms with Crippen LogP contribution in [0.3, 0.4) is 0 Å². The maximum absolute atomic E-state index is 6.19. The Morgan fingerprint density at radius 1 is 1.24 bits per heavy atom. The Bertz CT molecular complexity index is 463. The smallest absolute Gasteiger partial charge is 0.0947 e. The molecule has 1 aromatic rings. The average Bonchev–Trinajstić information content (AvgIpc) is 2.26. The third-order valence-corrected chi connectivity index (χ3v) is 5.44. The molecular formula is C14H16Br2O. The Kier molecular flexibility index (Phi) is 3.81. The third-order valence-electron chi connectivity index (χ3n) is 3.08. The predicted molar refractivity (Wildman–Crippen MR) is 78.3 cm³/mol. The number of rotatable bonds is 1. The van der Waals surface area contributed by atoms with Crippen LogP contribution >= 0.6 is 31.9 Å². The van der Waals surface area contributed by atoms with Gasteiger partial charge in [-0.25, -0.2) is 0 Å². The molecule has 0 spiro atoms. The molecule has 1 atom stereocenters. The molecule has 92 valence electrons. The van der Waals surface area contributed by atoms with E-state index in [1.807, 2.05) is 6.07 Å². The highest BCUT2D eigenvalue weighted by atomic mass is 79.9. The molecule has 17 heavy (non-hydrogen) atoms. The van der Waals surface area contributed by atoms with Gasteiger partial charge in [-0.3, -0.25) is 0 Å². The highest BCUT2D eigenvalue weighted by Crippen LogP contribution is 2.44. The molecule has 0 amide bonds. The molecule has 0 fully saturated rings. The minimum Gasteiger partial charge on any atom is -0.362 e. The van der Waals surface area contributed by atoms with Crippen molar-refractivity contribution in [2.75, 3.05) is 0 Å². The molecule has 0 aromatic heterocycles. The van der Waals surface area contributed by atoms with Gasteiger partial charge in [0.25, 0.3) is 0 Å². The Hall–Kier alpha value is -0.120. The van der Waals surface area contributed by atoms with E-state index in [1.165, 1.54) is 15.6 Å². The molecule has 0 saturated carbocycles. The van der Waals surface area contributed by atoms with Gasteiger partial charge in [0.2, 0.25) is 0 Å². The van der Waals surface area contributed by atoms with Crippen LogP contribution in [0.15, 0.2) is 38.8 Å². The zero-order chi connectivity index (χ0) is 12.6. The lowest BCUT2D eigenvalue weighted by molar-refractivity contribution is -0.0554. The second-order valence-corrected chi connectivity index (χ2v) is 6.58. The number of hydrogen-bond donors (Lipinski definition) is 0. The highest BCUT2D eigenvalue weighted by Gasteiger charge is 2.34. The third kappa shape index (κ3) is 2.67. The fraction of sp³-hybridized carbons (Fsp3) is 0.429. The number of hydrogen-bond acceptors (Lipinski definition) is 1. The lowest BCUT2D eigenvalue weighted by Gasteiger charge is -2.37. The molecule has 0 N–H and O–H groups in total. The van der Waals surface area contributed by atoms with E-state index in [-0.39, 0.29) is 11.7 Å². The number of benzene rings is 1. The van der Waals surface area contributed by atoms with E-state index in [1.54, 1.807) is 0 Å². The van der Waals surface area contributed by atoms with Crippen LogP contribution in [0.1, 0.15) is 38.9 Å². The van der Waals surface area contributed by atoms with Crippen LogP contribution in [0.2, 0.25) is 0 Å². The number of ether oxygens (including phenoxy) is 1. The standard InChI is InChI=1S/C14H16Br2O/c1-9-8-12(17-14(2,3)13(9)16)10-6-4-5-7-11(10)15/h4-7,12H,8H2,1-3H3. The quantitative estimate of drug-likeness (QED) is 0.655. The maximum Gasteiger partial charge on any atom is 0.0947 e. The van der Waals surface area contributed by atoms with Gasteiger partial charge >= 0.3 is 0 Å². The predicted octanol–water partition coefficient (Wildman–Crippen LogP) is 5.36. The van der Waals surface area contributed by atoms with E-state index >= 15 is 0 Å². The molecule has 1 nitrogen and oxygen atoms in total. The monoisotopic (exact) mass is 358 g/mol. The van der Waals surface area contributed by atoms with E-state index in [2.05, 4.69) is 70.8 Å². The van der Waals surface area contributed by atoms with Crippen LogP contribution in [0.5, 0.6) is 0 Å². The van der Waals surface area contributed by atoms with Crippen LogP contribution in [0, 0.1) is 0 Å². The Balaban J connectivity index is 2.36. The molecule has 1 aromatic carbocycles. The van der Waals surface area contributed by atoms with Gasteiger partial charge in [-0.2, -0.15) is 0 Å². The molecular weight excluding hydrogens is 344 g/mol. The van der Waals surface area contributed by atoms with Crippen LogP contribution in [-0.2, 0) is 4.74 Å². The van der Waals surface area contributed by atoms with Gasteiger partial charge in [-0.1, -0.05) is 55.6 Å². The summed E-state index contributed by atoms with van der Waals surface area (Å²) in [5.74, 6) is 0. The van der Waals surface area contributed by atoms with Crippen molar-refractivity contribution in [2.24, 2.45) is 0 Å². The van der Waals surface area contributed by atoms with Crippen molar-refractivity contribution < 1.29 is 4.74 Å². The van der Waals surface area contributed by atoms with Crippen molar-refractivity contribution in [3.05, 3.63) is 44.4 Å². The van der Waals surface area contributed by atoms with Gasteiger partial charge in [0.05, 0.1) is 11.7 Å². The summed E-state index contributed by atoms with van der Waals surface area (Å²) >= 11 is 7.23. The van der Waals surface area contributed by atoms with Crippen LogP contribution in [0.25, 0.3) is 0 Å². The van der Waals surface area contributed by atoms with E-state index in [0.717, 1.165) is 10.9 Å². The molecule has 0 aliphatic carbocycles. The van der Waals surface area contributed by atoms with Crippen molar-refractivity contribution in [1.82, 2.24) is 0 Å². The minimum absolute atomic E-state index is 0.127. The second-order valence-electron chi connectivity index (χ2n) is 4.94. The molecule has 2 rings (SSSR count). The van der Waals surface area contributed by atoms with Crippen molar-refractivity contribution >= 4 is 31.9 Å². The van der Waals surface area contributed by atoms with Crippen LogP contribution in [-0.4, -0.2) is 5.60 Å². The zero-order valence-corrected chi connectivity index (χ0v) is 13.4. The zero-order valence-electron chi connectivity index (χ0n) is 10.3. The first-order valence-corrected chi connectivity index (χ1v) is 7.28. The summed E-state index contributed by atoms with van der Waals surface area (Å²) in [6.07, 6.45) is 1.06. The van der Waals surface area contributed by atoms with E-state index in [9.17, 15) is 0 Å². The molecule has 3 heteroatoms. The second kappa shape index (κ2) is 4.87. The first kappa shape index (κ1) is 13.3. The fourth-order valence-electron chi connectivity index (χ4n) is 2.24. The summed E-state index contributed by atoms with van der Waals surface area (Å²) in [5.41, 5.74) is 2.34. The molecule has 1 unspecified atom stereocenters. The van der Waals surface area contributed by atoms with Gasteiger partial charge in [0, 0.05) is 8.96 Å². The summed E-state index contributed by atoms with van der Waals surface area (Å²) in [7, 11) is 0. The van der Waals surface area contributed by atoms with Gasteiger partial charge in [0.15, 0.2) is 0 Å². The first-order valence-electron chi connectivity index (χ1n) is 5.70. The maximum atomic E-state index is 6.19. The average molecular weight is 360 g/mol. The van der Waals surface area contributed by atoms with E-state index in [0.29, 0.717) is 0 Å². The van der Waals surface area contributed by atoms with Crippen LogP contribution < -0.4 is 0 Å². The van der Waals surface area contributed by atoms with E-state index < -0.39 is 0 Å². The van der Waals surface area contributed by atoms with Crippen molar-refractivity contribution in [3.63, 3.8) is 0 Å². The van der Waals surface area contributed by atoms with Gasteiger partial charge in [-0.15, -0.1) is 0 Å². The van der Waals surface area contributed by atoms with Crippen molar-refractivity contribution in [1.29, 1.82) is 0 Å². The summed E-state index contributed by atoms with van der Waals surface area (Å²) in [6, 6.07) is 8.27. The Labute approximate surface area is 120 Å². The lowest BCUT2D eigenvalue weighted by Crippen LogP contribution is -2.32. The fourth-order valence-corrected chi connectivity index (χ4v) is 3.04. The number of halogens is 2. The van der Waals surface area contributed by atoms with E-state index in [4.69, 9.17) is 4.74 Å². The van der Waals surface area contributed by atoms with Gasteiger partial charge < -0.3 is 4.74 Å². The lowest BCUT2D eigenvalue weighted by atomic mass is 9.93. The molecule has 0 radical (unpaired) electrons.